The minimum absolute atomic E-state index is 0. The van der Waals surface area contributed by atoms with E-state index in [0.29, 0.717) is 5.56 Å². The SMILES string of the molecule is Cc1ccc(C(=O)O)cc1C.[K]. The standard InChI is InChI=1S/C9H10O2.K/c1-6-3-4-8(9(10)11)5-7(6)2;/h3-5H,1-2H3,(H,10,11);. The molecule has 0 heterocycles. The molecular weight excluding hydrogens is 179 g/mol. The van der Waals surface area contributed by atoms with Crippen molar-refractivity contribution in [3.63, 3.8) is 0 Å². The van der Waals surface area contributed by atoms with Crippen molar-refractivity contribution in [2.24, 2.45) is 0 Å². The molecule has 0 unspecified atom stereocenters. The summed E-state index contributed by atoms with van der Waals surface area (Å²) in [5.41, 5.74) is 2.49. The summed E-state index contributed by atoms with van der Waals surface area (Å²) in [5.74, 6) is -0.867. The van der Waals surface area contributed by atoms with Gasteiger partial charge in [0.05, 0.1) is 5.56 Å². The molecular formula is C9H10KO2. The van der Waals surface area contributed by atoms with Crippen molar-refractivity contribution < 1.29 is 9.90 Å². The molecule has 0 bridgehead atoms. The minimum Gasteiger partial charge on any atom is -0.478 e. The van der Waals surface area contributed by atoms with Crippen LogP contribution in [0.4, 0.5) is 0 Å². The summed E-state index contributed by atoms with van der Waals surface area (Å²) in [5, 5.41) is 8.60. The molecule has 12 heavy (non-hydrogen) atoms. The van der Waals surface area contributed by atoms with Crippen molar-refractivity contribution in [2.75, 3.05) is 0 Å². The Morgan fingerprint density at radius 3 is 2.25 bits per heavy atom. The van der Waals surface area contributed by atoms with Gasteiger partial charge in [-0.3, -0.25) is 0 Å². The molecule has 0 aliphatic heterocycles. The first-order valence-corrected chi connectivity index (χ1v) is 3.42. The van der Waals surface area contributed by atoms with Crippen LogP contribution in [0.25, 0.3) is 0 Å². The molecule has 1 aromatic rings. The van der Waals surface area contributed by atoms with E-state index in [1.165, 1.54) is 0 Å². The maximum Gasteiger partial charge on any atom is 0.335 e. The Morgan fingerprint density at radius 2 is 1.83 bits per heavy atom. The number of aromatic carboxylic acids is 1. The van der Waals surface area contributed by atoms with Crippen LogP contribution in [0.15, 0.2) is 18.2 Å². The maximum absolute atomic E-state index is 10.5. The first-order chi connectivity index (χ1) is 5.11. The number of rotatable bonds is 1. The van der Waals surface area contributed by atoms with Crippen molar-refractivity contribution in [1.82, 2.24) is 0 Å². The van der Waals surface area contributed by atoms with Crippen LogP contribution in [0, 0.1) is 13.8 Å². The molecule has 0 spiro atoms. The van der Waals surface area contributed by atoms with Crippen LogP contribution in [0.3, 0.4) is 0 Å². The second-order valence-corrected chi connectivity index (χ2v) is 2.60. The van der Waals surface area contributed by atoms with E-state index in [1.807, 2.05) is 19.9 Å². The summed E-state index contributed by atoms with van der Waals surface area (Å²) in [4.78, 5) is 10.5. The molecule has 1 radical (unpaired) electrons. The van der Waals surface area contributed by atoms with Gasteiger partial charge in [0, 0.05) is 51.4 Å². The Bertz CT molecular complexity index is 295. The van der Waals surface area contributed by atoms with Gasteiger partial charge in [0.1, 0.15) is 0 Å². The second kappa shape index (κ2) is 5.14. The monoisotopic (exact) mass is 189 g/mol. The summed E-state index contributed by atoms with van der Waals surface area (Å²) in [6, 6.07) is 5.11. The van der Waals surface area contributed by atoms with Crippen molar-refractivity contribution in [3.8, 4) is 0 Å². The molecule has 0 atom stereocenters. The molecule has 0 fully saturated rings. The van der Waals surface area contributed by atoms with Gasteiger partial charge in [0.25, 0.3) is 0 Å². The quantitative estimate of drug-likeness (QED) is 0.682. The Morgan fingerprint density at radius 1 is 1.25 bits per heavy atom. The predicted octanol–water partition coefficient (Wildman–Crippen LogP) is 1.62. The van der Waals surface area contributed by atoms with Gasteiger partial charge >= 0.3 is 5.97 Å². The van der Waals surface area contributed by atoms with E-state index >= 15 is 0 Å². The molecule has 1 rings (SSSR count). The van der Waals surface area contributed by atoms with Crippen LogP contribution < -0.4 is 0 Å². The van der Waals surface area contributed by atoms with Crippen LogP contribution in [0.1, 0.15) is 21.5 Å². The van der Waals surface area contributed by atoms with Crippen molar-refractivity contribution in [3.05, 3.63) is 34.9 Å². The molecule has 59 valence electrons. The number of carboxylic acid groups (broad SMARTS) is 1. The molecule has 0 saturated heterocycles. The fraction of sp³-hybridized carbons (Fsp3) is 0.222. The smallest absolute Gasteiger partial charge is 0.335 e. The Labute approximate surface area is 114 Å². The maximum atomic E-state index is 10.5. The van der Waals surface area contributed by atoms with Crippen molar-refractivity contribution in [1.29, 1.82) is 0 Å². The number of hydrogen-bond acceptors (Lipinski definition) is 1. The summed E-state index contributed by atoms with van der Waals surface area (Å²) in [7, 11) is 0. The van der Waals surface area contributed by atoms with Gasteiger partial charge in [-0.2, -0.15) is 0 Å². The first-order valence-electron chi connectivity index (χ1n) is 3.42. The molecule has 1 aromatic carbocycles. The number of aryl methyl sites for hydroxylation is 2. The van der Waals surface area contributed by atoms with Crippen LogP contribution in [-0.4, -0.2) is 62.5 Å². The van der Waals surface area contributed by atoms with E-state index in [4.69, 9.17) is 5.11 Å². The fourth-order valence-corrected chi connectivity index (χ4v) is 0.874. The Kier molecular flexibility index (Phi) is 5.28. The number of hydrogen-bond donors (Lipinski definition) is 1. The zero-order chi connectivity index (χ0) is 8.43. The average Bonchev–Trinajstić information content (AvgIpc) is 1.94. The summed E-state index contributed by atoms with van der Waals surface area (Å²) < 4.78 is 0. The van der Waals surface area contributed by atoms with Crippen LogP contribution in [0.2, 0.25) is 0 Å². The topological polar surface area (TPSA) is 37.3 Å². The van der Waals surface area contributed by atoms with E-state index in [2.05, 4.69) is 0 Å². The van der Waals surface area contributed by atoms with E-state index < -0.39 is 5.97 Å². The van der Waals surface area contributed by atoms with Gasteiger partial charge in [-0.05, 0) is 37.1 Å². The molecule has 1 N–H and O–H groups in total. The van der Waals surface area contributed by atoms with Crippen LogP contribution >= 0.6 is 0 Å². The van der Waals surface area contributed by atoms with Crippen molar-refractivity contribution in [2.45, 2.75) is 13.8 Å². The molecule has 2 nitrogen and oxygen atoms in total. The van der Waals surface area contributed by atoms with Gasteiger partial charge in [-0.25, -0.2) is 4.79 Å². The van der Waals surface area contributed by atoms with Gasteiger partial charge in [0.2, 0.25) is 0 Å². The number of carboxylic acids is 1. The third-order valence-corrected chi connectivity index (χ3v) is 1.75. The zero-order valence-electron chi connectivity index (χ0n) is 7.59. The molecule has 0 amide bonds. The van der Waals surface area contributed by atoms with Gasteiger partial charge < -0.3 is 5.11 Å². The van der Waals surface area contributed by atoms with Crippen LogP contribution in [-0.2, 0) is 0 Å². The van der Waals surface area contributed by atoms with Crippen molar-refractivity contribution >= 4 is 57.4 Å². The normalized spacial score (nSPS) is 8.83. The summed E-state index contributed by atoms with van der Waals surface area (Å²) in [6.45, 7) is 3.86. The molecule has 3 heteroatoms. The predicted molar refractivity (Wildman–Crippen MR) is 48.6 cm³/mol. The summed E-state index contributed by atoms with van der Waals surface area (Å²) in [6.07, 6.45) is 0. The third-order valence-electron chi connectivity index (χ3n) is 1.75. The Balaban J connectivity index is 0.00000121. The number of carbonyl (C=O) groups is 1. The average molecular weight is 189 g/mol. The minimum atomic E-state index is -0.867. The molecule has 0 aliphatic rings. The second-order valence-electron chi connectivity index (χ2n) is 2.60. The van der Waals surface area contributed by atoms with E-state index in [0.717, 1.165) is 11.1 Å². The number of benzene rings is 1. The molecule has 0 aliphatic carbocycles. The van der Waals surface area contributed by atoms with E-state index in [1.54, 1.807) is 12.1 Å². The van der Waals surface area contributed by atoms with Gasteiger partial charge in [0.15, 0.2) is 0 Å². The van der Waals surface area contributed by atoms with E-state index in [-0.39, 0.29) is 51.4 Å². The fourth-order valence-electron chi connectivity index (χ4n) is 0.874. The van der Waals surface area contributed by atoms with Gasteiger partial charge in [-0.1, -0.05) is 6.07 Å². The van der Waals surface area contributed by atoms with Crippen LogP contribution in [0.5, 0.6) is 0 Å². The van der Waals surface area contributed by atoms with E-state index in [9.17, 15) is 4.79 Å². The largest absolute Gasteiger partial charge is 0.478 e. The Hall–Kier alpha value is 0.326. The third kappa shape index (κ3) is 2.99. The molecule has 0 aromatic heterocycles. The molecule has 0 saturated carbocycles. The first kappa shape index (κ1) is 12.3. The zero-order valence-corrected chi connectivity index (χ0v) is 10.7. The van der Waals surface area contributed by atoms with Gasteiger partial charge in [-0.15, -0.1) is 0 Å². The summed E-state index contributed by atoms with van der Waals surface area (Å²) >= 11 is 0.